The number of piperazine rings is 1. The molecule has 1 aliphatic rings. The van der Waals surface area contributed by atoms with Gasteiger partial charge < -0.3 is 14.7 Å². The third-order valence-electron chi connectivity index (χ3n) is 4.98. The van der Waals surface area contributed by atoms with Gasteiger partial charge >= 0.3 is 0 Å². The number of benzene rings is 1. The summed E-state index contributed by atoms with van der Waals surface area (Å²) >= 11 is 0. The molecule has 7 heteroatoms. The lowest BCUT2D eigenvalue weighted by Crippen LogP contribution is -2.62. The van der Waals surface area contributed by atoms with E-state index < -0.39 is 0 Å². The van der Waals surface area contributed by atoms with Crippen molar-refractivity contribution in [3.63, 3.8) is 0 Å². The molecule has 2 aromatic rings. The summed E-state index contributed by atoms with van der Waals surface area (Å²) in [4.78, 5) is 28.7. The van der Waals surface area contributed by atoms with Crippen LogP contribution in [0.5, 0.6) is 0 Å². The minimum absolute atomic E-state index is 0.0104. The van der Waals surface area contributed by atoms with E-state index in [2.05, 4.69) is 40.5 Å². The molecule has 27 heavy (non-hydrogen) atoms. The molecule has 1 fully saturated rings. The first kappa shape index (κ1) is 19.1. The summed E-state index contributed by atoms with van der Waals surface area (Å²) in [6.45, 7) is 7.39. The van der Waals surface area contributed by atoms with E-state index in [0.717, 1.165) is 5.56 Å². The third-order valence-corrected chi connectivity index (χ3v) is 4.98. The van der Waals surface area contributed by atoms with Crippen LogP contribution in [0, 0.1) is 13.8 Å². The van der Waals surface area contributed by atoms with E-state index in [1.165, 1.54) is 5.56 Å². The molecule has 144 valence electrons. The maximum Gasteiger partial charge on any atom is 0.289 e. The van der Waals surface area contributed by atoms with Crippen LogP contribution in [0.15, 0.2) is 34.9 Å². The first-order valence-electron chi connectivity index (χ1n) is 9.13. The van der Waals surface area contributed by atoms with Gasteiger partial charge in [0, 0.05) is 38.8 Å². The summed E-state index contributed by atoms with van der Waals surface area (Å²) < 4.78 is 5.02. The van der Waals surface area contributed by atoms with Gasteiger partial charge in [-0.1, -0.05) is 35.0 Å². The van der Waals surface area contributed by atoms with Crippen LogP contribution >= 0.6 is 0 Å². The van der Waals surface area contributed by atoms with Crippen LogP contribution in [0.1, 0.15) is 34.3 Å². The fourth-order valence-electron chi connectivity index (χ4n) is 3.53. The molecule has 0 aliphatic carbocycles. The lowest BCUT2D eigenvalue weighted by molar-refractivity contribution is -0.142. The van der Waals surface area contributed by atoms with Gasteiger partial charge in [-0.05, 0) is 26.3 Å². The molecule has 0 bridgehead atoms. The average Bonchev–Trinajstić information content (AvgIpc) is 3.07. The molecule has 2 heterocycles. The van der Waals surface area contributed by atoms with Crippen molar-refractivity contribution < 1.29 is 14.1 Å². The first-order chi connectivity index (χ1) is 12.8. The number of carbonyl (C=O) groups is 2. The van der Waals surface area contributed by atoms with Crippen molar-refractivity contribution in [3.8, 4) is 0 Å². The van der Waals surface area contributed by atoms with E-state index in [-0.39, 0.29) is 29.7 Å². The lowest BCUT2D eigenvalue weighted by Gasteiger charge is -2.43. The molecule has 1 aliphatic heterocycles. The van der Waals surface area contributed by atoms with Crippen LogP contribution in [0.25, 0.3) is 0 Å². The molecule has 1 saturated heterocycles. The van der Waals surface area contributed by atoms with Gasteiger partial charge in [0.25, 0.3) is 5.91 Å². The second-order valence-corrected chi connectivity index (χ2v) is 7.25. The van der Waals surface area contributed by atoms with E-state index in [1.54, 1.807) is 24.9 Å². The zero-order chi connectivity index (χ0) is 19.6. The summed E-state index contributed by atoms with van der Waals surface area (Å²) in [5.74, 6) is 0.000392. The third kappa shape index (κ3) is 4.36. The summed E-state index contributed by atoms with van der Waals surface area (Å²) in [5, 5.41) is 6.66. The highest BCUT2D eigenvalue weighted by molar-refractivity contribution is 5.91. The predicted molar refractivity (Wildman–Crippen MR) is 101 cm³/mol. The Labute approximate surface area is 159 Å². The van der Waals surface area contributed by atoms with Gasteiger partial charge in [-0.3, -0.25) is 14.5 Å². The number of carbonyl (C=O) groups excluding carboxylic acids is 2. The van der Waals surface area contributed by atoms with Crippen molar-refractivity contribution in [1.29, 1.82) is 0 Å². The fourth-order valence-corrected chi connectivity index (χ4v) is 3.53. The molecule has 1 aromatic carbocycles. The Morgan fingerprint density at radius 2 is 2.11 bits per heavy atom. The van der Waals surface area contributed by atoms with Gasteiger partial charge in [0.05, 0.1) is 11.7 Å². The Morgan fingerprint density at radius 1 is 1.33 bits per heavy atom. The number of rotatable bonds is 5. The first-order valence-corrected chi connectivity index (χ1v) is 9.13. The number of nitrogens with zero attached hydrogens (tertiary/aromatic N) is 3. The van der Waals surface area contributed by atoms with Crippen molar-refractivity contribution in [1.82, 2.24) is 20.3 Å². The predicted octanol–water partition coefficient (Wildman–Crippen LogP) is 1.75. The second-order valence-electron chi connectivity index (χ2n) is 7.25. The van der Waals surface area contributed by atoms with Gasteiger partial charge in [0.2, 0.25) is 11.7 Å². The van der Waals surface area contributed by atoms with Gasteiger partial charge in [-0.2, -0.15) is 0 Å². The van der Waals surface area contributed by atoms with Crippen molar-refractivity contribution in [3.05, 3.63) is 52.9 Å². The molecule has 2 atom stereocenters. The highest BCUT2D eigenvalue weighted by atomic mass is 16.5. The molecule has 0 spiro atoms. The Hall–Kier alpha value is -2.67. The standard InChI is InChI=1S/C20H26N4O3/c1-13-6-5-7-16(8-13)11-24-15(3)20(26)23(4)12-17(24)10-21-19(25)18-9-14(2)22-27-18/h5-9,15,17H,10-12H2,1-4H3,(H,21,25)/t15-,17+/m0/s1. The summed E-state index contributed by atoms with van der Waals surface area (Å²) in [6.07, 6.45) is 0. The quantitative estimate of drug-likeness (QED) is 0.868. The van der Waals surface area contributed by atoms with Crippen molar-refractivity contribution >= 4 is 11.8 Å². The van der Waals surface area contributed by atoms with Crippen molar-refractivity contribution in [2.24, 2.45) is 0 Å². The van der Waals surface area contributed by atoms with E-state index in [0.29, 0.717) is 25.3 Å². The average molecular weight is 370 g/mol. The van der Waals surface area contributed by atoms with Crippen LogP contribution in [0.4, 0.5) is 0 Å². The summed E-state index contributed by atoms with van der Waals surface area (Å²) in [7, 11) is 1.80. The number of hydrogen-bond donors (Lipinski definition) is 1. The molecule has 2 amide bonds. The second kappa shape index (κ2) is 7.92. The topological polar surface area (TPSA) is 78.7 Å². The number of aryl methyl sites for hydroxylation is 2. The Morgan fingerprint density at radius 3 is 2.78 bits per heavy atom. The van der Waals surface area contributed by atoms with Gasteiger partial charge in [-0.15, -0.1) is 0 Å². The fraction of sp³-hybridized carbons (Fsp3) is 0.450. The molecule has 1 N–H and O–H groups in total. The van der Waals surface area contributed by atoms with E-state index in [9.17, 15) is 9.59 Å². The lowest BCUT2D eigenvalue weighted by atomic mass is 10.0. The van der Waals surface area contributed by atoms with Crippen LogP contribution in [0.2, 0.25) is 0 Å². The maximum atomic E-state index is 12.5. The van der Waals surface area contributed by atoms with E-state index >= 15 is 0 Å². The molecule has 3 rings (SSSR count). The van der Waals surface area contributed by atoms with Crippen LogP contribution < -0.4 is 5.32 Å². The molecular weight excluding hydrogens is 344 g/mol. The molecule has 0 unspecified atom stereocenters. The van der Waals surface area contributed by atoms with Crippen molar-refractivity contribution in [2.45, 2.75) is 39.4 Å². The van der Waals surface area contributed by atoms with Crippen molar-refractivity contribution in [2.75, 3.05) is 20.1 Å². The summed E-state index contributed by atoms with van der Waals surface area (Å²) in [6, 6.07) is 9.64. The largest absolute Gasteiger partial charge is 0.351 e. The maximum absolute atomic E-state index is 12.5. The molecule has 7 nitrogen and oxygen atoms in total. The summed E-state index contributed by atoms with van der Waals surface area (Å²) in [5.41, 5.74) is 3.00. The Balaban J connectivity index is 1.73. The highest BCUT2D eigenvalue weighted by Crippen LogP contribution is 2.20. The molecule has 0 saturated carbocycles. The number of nitrogens with one attached hydrogen (secondary N) is 1. The van der Waals surface area contributed by atoms with Crippen LogP contribution in [-0.4, -0.2) is 59.0 Å². The van der Waals surface area contributed by atoms with Crippen LogP contribution in [0.3, 0.4) is 0 Å². The number of likely N-dealkylation sites (N-methyl/N-ethyl adjacent to an activating group) is 1. The molecule has 0 radical (unpaired) electrons. The van der Waals surface area contributed by atoms with Gasteiger partial charge in [0.15, 0.2) is 0 Å². The molecule has 1 aromatic heterocycles. The minimum Gasteiger partial charge on any atom is -0.351 e. The zero-order valence-corrected chi connectivity index (χ0v) is 16.2. The smallest absolute Gasteiger partial charge is 0.289 e. The SMILES string of the molecule is Cc1cccc(CN2[C@H](CNC(=O)c3cc(C)no3)CN(C)C(=O)[C@@H]2C)c1. The highest BCUT2D eigenvalue weighted by Gasteiger charge is 2.36. The van der Waals surface area contributed by atoms with Gasteiger partial charge in [-0.25, -0.2) is 0 Å². The minimum atomic E-state index is -0.293. The normalized spacial score (nSPS) is 20.7. The number of amides is 2. The van der Waals surface area contributed by atoms with Crippen LogP contribution in [-0.2, 0) is 11.3 Å². The monoisotopic (exact) mass is 370 g/mol. The number of hydrogen-bond acceptors (Lipinski definition) is 5. The van der Waals surface area contributed by atoms with Gasteiger partial charge in [0.1, 0.15) is 0 Å². The molecular formula is C20H26N4O3. The number of aromatic nitrogens is 1. The van der Waals surface area contributed by atoms with E-state index in [1.807, 2.05) is 13.0 Å². The zero-order valence-electron chi connectivity index (χ0n) is 16.2. The Bertz CT molecular complexity index is 832. The van der Waals surface area contributed by atoms with E-state index in [4.69, 9.17) is 4.52 Å². The Kier molecular flexibility index (Phi) is 5.60.